The summed E-state index contributed by atoms with van der Waals surface area (Å²) in [5.41, 5.74) is -1.49. The second kappa shape index (κ2) is 3.16. The SMILES string of the molecule is CC1(C)C(C=NN)N(O)C(C)(C)N1O. The van der Waals surface area contributed by atoms with Crippen LogP contribution in [0.15, 0.2) is 5.10 Å². The summed E-state index contributed by atoms with van der Waals surface area (Å²) in [7, 11) is 0. The molecule has 0 spiro atoms. The zero-order valence-corrected chi connectivity index (χ0v) is 8.97. The first kappa shape index (κ1) is 11.4. The average Bonchev–Trinajstić information content (AvgIpc) is 2.19. The summed E-state index contributed by atoms with van der Waals surface area (Å²) in [5.74, 6) is 5.06. The van der Waals surface area contributed by atoms with Crippen molar-refractivity contribution in [3.63, 3.8) is 0 Å². The van der Waals surface area contributed by atoms with Crippen LogP contribution in [0.25, 0.3) is 0 Å². The van der Waals surface area contributed by atoms with E-state index in [1.54, 1.807) is 27.7 Å². The van der Waals surface area contributed by atoms with Crippen LogP contribution < -0.4 is 5.84 Å². The molecule has 1 aliphatic heterocycles. The highest BCUT2D eigenvalue weighted by molar-refractivity contribution is 5.67. The Kier molecular flexibility index (Phi) is 2.57. The maximum Gasteiger partial charge on any atom is 0.116 e. The van der Waals surface area contributed by atoms with Crippen molar-refractivity contribution in [1.29, 1.82) is 0 Å². The maximum atomic E-state index is 9.88. The first-order chi connectivity index (χ1) is 6.26. The van der Waals surface area contributed by atoms with Crippen LogP contribution in [0, 0.1) is 0 Å². The summed E-state index contributed by atoms with van der Waals surface area (Å²) in [5, 5.41) is 25.3. The molecule has 0 bridgehead atoms. The van der Waals surface area contributed by atoms with Gasteiger partial charge in [-0.1, -0.05) is 0 Å². The maximum absolute atomic E-state index is 9.88. The Labute approximate surface area is 83.5 Å². The van der Waals surface area contributed by atoms with Gasteiger partial charge < -0.3 is 16.3 Å². The molecule has 6 nitrogen and oxygen atoms in total. The van der Waals surface area contributed by atoms with E-state index in [0.29, 0.717) is 0 Å². The number of rotatable bonds is 1. The lowest BCUT2D eigenvalue weighted by atomic mass is 9.97. The normalized spacial score (nSPS) is 32.9. The summed E-state index contributed by atoms with van der Waals surface area (Å²) in [6.45, 7) is 7.02. The lowest BCUT2D eigenvalue weighted by Crippen LogP contribution is -2.49. The van der Waals surface area contributed by atoms with Crippen molar-refractivity contribution >= 4 is 6.21 Å². The zero-order valence-electron chi connectivity index (χ0n) is 8.97. The van der Waals surface area contributed by atoms with Gasteiger partial charge in [0.2, 0.25) is 0 Å². The lowest BCUT2D eigenvalue weighted by Gasteiger charge is -2.33. The standard InChI is InChI=1S/C8H18N4O2/c1-7(2)6(5-10-9)11(13)8(3,4)12(7)14/h5-6,13-14H,9H2,1-4H3. The van der Waals surface area contributed by atoms with E-state index in [4.69, 9.17) is 5.84 Å². The topological polar surface area (TPSA) is 85.3 Å². The third kappa shape index (κ3) is 1.31. The molecule has 1 saturated heterocycles. The van der Waals surface area contributed by atoms with Gasteiger partial charge in [-0.25, -0.2) is 0 Å². The summed E-state index contributed by atoms with van der Waals surface area (Å²) in [6.07, 6.45) is 1.41. The largest absolute Gasteiger partial charge is 0.324 e. The molecule has 1 unspecified atom stereocenters. The second-order valence-corrected chi connectivity index (χ2v) is 4.55. The molecule has 4 N–H and O–H groups in total. The molecule has 1 atom stereocenters. The molecule has 0 amide bonds. The number of nitrogens with zero attached hydrogens (tertiary/aromatic N) is 3. The summed E-state index contributed by atoms with van der Waals surface area (Å²) >= 11 is 0. The molecule has 0 aliphatic carbocycles. The van der Waals surface area contributed by atoms with Crippen LogP contribution in [0.4, 0.5) is 0 Å². The van der Waals surface area contributed by atoms with E-state index < -0.39 is 17.2 Å². The third-order valence-corrected chi connectivity index (χ3v) is 2.84. The molecule has 1 heterocycles. The number of nitrogens with two attached hydrogens (primary N) is 1. The molecular weight excluding hydrogens is 184 g/mol. The van der Waals surface area contributed by atoms with Crippen molar-refractivity contribution in [3.05, 3.63) is 0 Å². The molecule has 0 aromatic rings. The minimum Gasteiger partial charge on any atom is -0.324 e. The first-order valence-corrected chi connectivity index (χ1v) is 4.47. The summed E-state index contributed by atoms with van der Waals surface area (Å²) in [4.78, 5) is 0. The predicted molar refractivity (Wildman–Crippen MR) is 51.9 cm³/mol. The van der Waals surface area contributed by atoms with Gasteiger partial charge in [-0.2, -0.15) is 15.2 Å². The number of hydrazone groups is 1. The van der Waals surface area contributed by atoms with Gasteiger partial charge in [-0.15, -0.1) is 0 Å². The molecule has 0 radical (unpaired) electrons. The fourth-order valence-corrected chi connectivity index (χ4v) is 1.89. The minimum absolute atomic E-state index is 0.438. The van der Waals surface area contributed by atoms with E-state index in [1.807, 2.05) is 0 Å². The van der Waals surface area contributed by atoms with Crippen LogP contribution >= 0.6 is 0 Å². The second-order valence-electron chi connectivity index (χ2n) is 4.55. The highest BCUT2D eigenvalue weighted by Gasteiger charge is 2.56. The molecule has 0 aromatic heterocycles. The highest BCUT2D eigenvalue weighted by Crippen LogP contribution is 2.38. The van der Waals surface area contributed by atoms with Gasteiger partial charge in [-0.3, -0.25) is 0 Å². The van der Waals surface area contributed by atoms with Crippen LogP contribution in [0.3, 0.4) is 0 Å². The molecule has 82 valence electrons. The fourth-order valence-electron chi connectivity index (χ4n) is 1.89. The summed E-state index contributed by atoms with van der Waals surface area (Å²) < 4.78 is 0. The molecule has 1 rings (SSSR count). The Hall–Kier alpha value is -0.690. The summed E-state index contributed by atoms with van der Waals surface area (Å²) in [6, 6.07) is -0.438. The Morgan fingerprint density at radius 1 is 1.29 bits per heavy atom. The van der Waals surface area contributed by atoms with Crippen molar-refractivity contribution in [3.8, 4) is 0 Å². The van der Waals surface area contributed by atoms with E-state index in [2.05, 4.69) is 5.10 Å². The smallest absolute Gasteiger partial charge is 0.116 e. The highest BCUT2D eigenvalue weighted by atomic mass is 16.6. The van der Waals surface area contributed by atoms with Gasteiger partial charge in [0, 0.05) is 6.21 Å². The number of hydrogen-bond acceptors (Lipinski definition) is 6. The van der Waals surface area contributed by atoms with Gasteiger partial charge in [0.25, 0.3) is 0 Å². The number of hydrogen-bond donors (Lipinski definition) is 3. The third-order valence-electron chi connectivity index (χ3n) is 2.84. The first-order valence-electron chi connectivity index (χ1n) is 4.47. The zero-order chi connectivity index (χ0) is 11.1. The Bertz CT molecular complexity index is 252. The molecule has 6 heteroatoms. The monoisotopic (exact) mass is 202 g/mol. The van der Waals surface area contributed by atoms with Crippen molar-refractivity contribution < 1.29 is 10.4 Å². The quantitative estimate of drug-likeness (QED) is 0.321. The van der Waals surface area contributed by atoms with Crippen molar-refractivity contribution in [1.82, 2.24) is 10.1 Å². The molecule has 1 aliphatic rings. The number of hydroxylamine groups is 4. The Morgan fingerprint density at radius 3 is 2.07 bits per heavy atom. The van der Waals surface area contributed by atoms with Crippen molar-refractivity contribution in [2.24, 2.45) is 10.9 Å². The molecule has 0 aromatic carbocycles. The predicted octanol–water partition coefficient (Wildman–Crippen LogP) is 0.210. The Morgan fingerprint density at radius 2 is 1.79 bits per heavy atom. The minimum atomic E-state index is -0.852. The van der Waals surface area contributed by atoms with E-state index >= 15 is 0 Å². The Balaban J connectivity index is 3.10. The van der Waals surface area contributed by atoms with Crippen LogP contribution in [0.5, 0.6) is 0 Å². The van der Waals surface area contributed by atoms with E-state index in [1.165, 1.54) is 6.21 Å². The van der Waals surface area contributed by atoms with E-state index in [9.17, 15) is 10.4 Å². The average molecular weight is 202 g/mol. The van der Waals surface area contributed by atoms with Crippen LogP contribution in [-0.4, -0.2) is 44.0 Å². The van der Waals surface area contributed by atoms with Gasteiger partial charge in [0.05, 0.1) is 11.6 Å². The van der Waals surface area contributed by atoms with Gasteiger partial charge >= 0.3 is 0 Å². The molecule has 1 fully saturated rings. The van der Waals surface area contributed by atoms with Gasteiger partial charge in [0.15, 0.2) is 0 Å². The van der Waals surface area contributed by atoms with Crippen molar-refractivity contribution in [2.75, 3.05) is 0 Å². The lowest BCUT2D eigenvalue weighted by molar-refractivity contribution is -0.258. The fraction of sp³-hybridized carbons (Fsp3) is 0.875. The van der Waals surface area contributed by atoms with E-state index in [-0.39, 0.29) is 0 Å². The van der Waals surface area contributed by atoms with E-state index in [0.717, 1.165) is 10.1 Å². The van der Waals surface area contributed by atoms with Crippen LogP contribution in [-0.2, 0) is 0 Å². The van der Waals surface area contributed by atoms with Crippen LogP contribution in [0.2, 0.25) is 0 Å². The van der Waals surface area contributed by atoms with Crippen LogP contribution in [0.1, 0.15) is 27.7 Å². The molecule has 0 saturated carbocycles. The molecular formula is C8H18N4O2. The van der Waals surface area contributed by atoms with Crippen molar-refractivity contribution in [2.45, 2.75) is 44.9 Å². The van der Waals surface area contributed by atoms with Gasteiger partial charge in [-0.05, 0) is 27.7 Å². The van der Waals surface area contributed by atoms with Gasteiger partial charge in [0.1, 0.15) is 5.66 Å². The molecule has 14 heavy (non-hydrogen) atoms.